The Morgan fingerprint density at radius 3 is 2.81 bits per heavy atom. The lowest BCUT2D eigenvalue weighted by molar-refractivity contribution is 0.143. The zero-order chi connectivity index (χ0) is 15.4. The van der Waals surface area contributed by atoms with Crippen molar-refractivity contribution in [2.45, 2.75) is 19.1 Å². The fraction of sp³-hybridized carbons (Fsp3) is 0.333. The van der Waals surface area contributed by atoms with Crippen LogP contribution in [0.5, 0.6) is 0 Å². The van der Waals surface area contributed by atoms with Gasteiger partial charge in [-0.05, 0) is 41.5 Å². The summed E-state index contributed by atoms with van der Waals surface area (Å²) >= 11 is 5.06. The SMILES string of the molecule is CN(CCC(O)c1cccc(F)c1F)Cc1cc(Br)cs1. The summed E-state index contributed by atoms with van der Waals surface area (Å²) in [7, 11) is 1.93. The Morgan fingerprint density at radius 2 is 2.14 bits per heavy atom. The van der Waals surface area contributed by atoms with Crippen LogP contribution in [0, 0.1) is 11.6 Å². The molecule has 1 aromatic heterocycles. The molecule has 0 aliphatic carbocycles. The smallest absolute Gasteiger partial charge is 0.164 e. The molecule has 0 radical (unpaired) electrons. The normalized spacial score (nSPS) is 12.9. The largest absolute Gasteiger partial charge is 0.388 e. The van der Waals surface area contributed by atoms with E-state index in [-0.39, 0.29) is 5.56 Å². The summed E-state index contributed by atoms with van der Waals surface area (Å²) in [4.78, 5) is 3.24. The molecule has 2 aromatic rings. The molecule has 0 saturated carbocycles. The molecule has 0 aliphatic heterocycles. The number of hydrogen-bond donors (Lipinski definition) is 1. The van der Waals surface area contributed by atoms with Crippen LogP contribution in [0.4, 0.5) is 8.78 Å². The molecule has 0 spiro atoms. The lowest BCUT2D eigenvalue weighted by atomic mass is 10.1. The van der Waals surface area contributed by atoms with Gasteiger partial charge < -0.3 is 10.0 Å². The van der Waals surface area contributed by atoms with E-state index in [2.05, 4.69) is 15.9 Å². The van der Waals surface area contributed by atoms with Crippen LogP contribution >= 0.6 is 27.3 Å². The highest BCUT2D eigenvalue weighted by atomic mass is 79.9. The molecule has 0 saturated heterocycles. The third kappa shape index (κ3) is 4.57. The molecule has 1 N–H and O–H groups in total. The standard InChI is InChI=1S/C15H16BrF2NOS/c1-19(8-11-7-10(16)9-21-11)6-5-14(20)12-3-2-4-13(17)15(12)18/h2-4,7,9,14,20H,5-6,8H2,1H3. The summed E-state index contributed by atoms with van der Waals surface area (Å²) < 4.78 is 27.8. The summed E-state index contributed by atoms with van der Waals surface area (Å²) in [5.74, 6) is -1.89. The molecule has 0 fully saturated rings. The molecule has 1 atom stereocenters. The van der Waals surface area contributed by atoms with Gasteiger partial charge in [-0.25, -0.2) is 8.78 Å². The summed E-state index contributed by atoms with van der Waals surface area (Å²) in [6.45, 7) is 1.35. The van der Waals surface area contributed by atoms with E-state index in [4.69, 9.17) is 0 Å². The molecule has 2 nitrogen and oxygen atoms in total. The van der Waals surface area contributed by atoms with Crippen LogP contribution in [-0.4, -0.2) is 23.6 Å². The Bertz CT molecular complexity index is 605. The minimum Gasteiger partial charge on any atom is -0.388 e. The van der Waals surface area contributed by atoms with E-state index < -0.39 is 17.7 Å². The Kier molecular flexibility index (Phi) is 5.87. The number of benzene rings is 1. The third-order valence-corrected chi connectivity index (χ3v) is 4.85. The van der Waals surface area contributed by atoms with Gasteiger partial charge in [0.05, 0.1) is 6.10 Å². The molecule has 1 unspecified atom stereocenters. The number of hydrogen-bond acceptors (Lipinski definition) is 3. The maximum atomic E-state index is 13.6. The van der Waals surface area contributed by atoms with E-state index in [1.54, 1.807) is 11.3 Å². The van der Waals surface area contributed by atoms with Crippen LogP contribution in [0.25, 0.3) is 0 Å². The van der Waals surface area contributed by atoms with Gasteiger partial charge in [0.1, 0.15) is 0 Å². The highest BCUT2D eigenvalue weighted by molar-refractivity contribution is 9.10. The van der Waals surface area contributed by atoms with Gasteiger partial charge >= 0.3 is 0 Å². The minimum atomic E-state index is -1.00. The van der Waals surface area contributed by atoms with Crippen molar-refractivity contribution in [3.05, 3.63) is 56.2 Å². The molecule has 21 heavy (non-hydrogen) atoms. The van der Waals surface area contributed by atoms with Crippen molar-refractivity contribution < 1.29 is 13.9 Å². The van der Waals surface area contributed by atoms with E-state index in [9.17, 15) is 13.9 Å². The lowest BCUT2D eigenvalue weighted by Crippen LogP contribution is -2.20. The zero-order valence-electron chi connectivity index (χ0n) is 11.5. The van der Waals surface area contributed by atoms with Crippen LogP contribution in [0.3, 0.4) is 0 Å². The molecule has 1 heterocycles. The van der Waals surface area contributed by atoms with Crippen LogP contribution < -0.4 is 0 Å². The van der Waals surface area contributed by atoms with E-state index >= 15 is 0 Å². The van der Waals surface area contributed by atoms with Gasteiger partial charge in [0, 0.05) is 33.4 Å². The van der Waals surface area contributed by atoms with Crippen molar-refractivity contribution in [2.24, 2.45) is 0 Å². The van der Waals surface area contributed by atoms with Crippen molar-refractivity contribution in [3.8, 4) is 0 Å². The highest BCUT2D eigenvalue weighted by Crippen LogP contribution is 2.23. The van der Waals surface area contributed by atoms with Crippen molar-refractivity contribution in [1.82, 2.24) is 4.90 Å². The Hall–Kier alpha value is -0.820. The van der Waals surface area contributed by atoms with Crippen molar-refractivity contribution in [2.75, 3.05) is 13.6 Å². The molecule has 1 aromatic carbocycles. The first kappa shape index (κ1) is 16.5. The quantitative estimate of drug-likeness (QED) is 0.811. The first-order chi connectivity index (χ1) is 9.97. The number of rotatable bonds is 6. The van der Waals surface area contributed by atoms with Crippen molar-refractivity contribution in [3.63, 3.8) is 0 Å². The summed E-state index contributed by atoms with van der Waals surface area (Å²) in [6, 6.07) is 5.92. The van der Waals surface area contributed by atoms with Crippen molar-refractivity contribution >= 4 is 27.3 Å². The van der Waals surface area contributed by atoms with E-state index in [1.807, 2.05) is 23.4 Å². The van der Waals surface area contributed by atoms with Gasteiger partial charge in [-0.3, -0.25) is 0 Å². The number of aliphatic hydroxyl groups is 1. The Labute approximate surface area is 135 Å². The van der Waals surface area contributed by atoms with Crippen molar-refractivity contribution in [1.29, 1.82) is 0 Å². The van der Waals surface area contributed by atoms with Gasteiger partial charge in [-0.1, -0.05) is 12.1 Å². The number of thiophene rings is 1. The molecule has 0 aliphatic rings. The van der Waals surface area contributed by atoms with Crippen LogP contribution in [0.15, 0.2) is 34.1 Å². The minimum absolute atomic E-state index is 0.0160. The summed E-state index contributed by atoms with van der Waals surface area (Å²) in [6.07, 6.45) is -0.651. The molecule has 2 rings (SSSR count). The second kappa shape index (κ2) is 7.45. The van der Waals surface area contributed by atoms with Gasteiger partial charge in [0.2, 0.25) is 0 Å². The Morgan fingerprint density at radius 1 is 1.38 bits per heavy atom. The summed E-state index contributed by atoms with van der Waals surface area (Å²) in [5, 5.41) is 12.0. The van der Waals surface area contributed by atoms with E-state index in [1.165, 1.54) is 17.0 Å². The monoisotopic (exact) mass is 375 g/mol. The fourth-order valence-corrected chi connectivity index (χ4v) is 3.59. The number of halogens is 3. The van der Waals surface area contributed by atoms with Gasteiger partial charge in [0.15, 0.2) is 11.6 Å². The zero-order valence-corrected chi connectivity index (χ0v) is 13.9. The number of nitrogens with zero attached hydrogens (tertiary/aromatic N) is 1. The molecule has 6 heteroatoms. The second-order valence-electron chi connectivity index (χ2n) is 4.92. The van der Waals surface area contributed by atoms with E-state index in [0.29, 0.717) is 13.0 Å². The average Bonchev–Trinajstić information content (AvgIpc) is 2.84. The topological polar surface area (TPSA) is 23.5 Å². The predicted octanol–water partition coefficient (Wildman–Crippen LogP) is 4.34. The second-order valence-corrected chi connectivity index (χ2v) is 6.83. The van der Waals surface area contributed by atoms with Gasteiger partial charge in [-0.15, -0.1) is 11.3 Å². The first-order valence-electron chi connectivity index (χ1n) is 6.51. The highest BCUT2D eigenvalue weighted by Gasteiger charge is 2.16. The summed E-state index contributed by atoms with van der Waals surface area (Å²) in [5.41, 5.74) is 0.0160. The fourth-order valence-electron chi connectivity index (χ4n) is 2.06. The Balaban J connectivity index is 1.88. The molecule has 0 bridgehead atoms. The third-order valence-electron chi connectivity index (χ3n) is 3.17. The van der Waals surface area contributed by atoms with Crippen LogP contribution in [0.1, 0.15) is 23.0 Å². The van der Waals surface area contributed by atoms with Crippen LogP contribution in [0.2, 0.25) is 0 Å². The van der Waals surface area contributed by atoms with Crippen LogP contribution in [-0.2, 0) is 6.54 Å². The maximum absolute atomic E-state index is 13.6. The molecular formula is C15H16BrF2NOS. The van der Waals surface area contributed by atoms with E-state index in [0.717, 1.165) is 17.1 Å². The maximum Gasteiger partial charge on any atom is 0.164 e. The lowest BCUT2D eigenvalue weighted by Gasteiger charge is -2.18. The predicted molar refractivity (Wildman–Crippen MR) is 84.3 cm³/mol. The average molecular weight is 376 g/mol. The molecular weight excluding hydrogens is 360 g/mol. The molecule has 0 amide bonds. The van der Waals surface area contributed by atoms with Gasteiger partial charge in [0.25, 0.3) is 0 Å². The molecule has 114 valence electrons. The first-order valence-corrected chi connectivity index (χ1v) is 8.18. The number of aliphatic hydroxyl groups excluding tert-OH is 1. The van der Waals surface area contributed by atoms with Gasteiger partial charge in [-0.2, -0.15) is 0 Å².